The minimum Gasteiger partial charge on any atom is -0.492 e. The Balaban J connectivity index is 1.86. The Morgan fingerprint density at radius 2 is 1.69 bits per heavy atom. The molecule has 10 nitrogen and oxygen atoms in total. The van der Waals surface area contributed by atoms with Crippen LogP contribution in [0.1, 0.15) is 53.8 Å². The van der Waals surface area contributed by atoms with Crippen molar-refractivity contribution < 1.29 is 38.4 Å². The van der Waals surface area contributed by atoms with Crippen LogP contribution in [0, 0.1) is 11.7 Å². The molecule has 0 aromatic heterocycles. The summed E-state index contributed by atoms with van der Waals surface area (Å²) in [5.74, 6) is -0.474. The zero-order valence-electron chi connectivity index (χ0n) is 27.1. The highest BCUT2D eigenvalue weighted by atomic mass is 19.1. The van der Waals surface area contributed by atoms with Gasteiger partial charge >= 0.3 is 0 Å². The average Bonchev–Trinajstić information content (AvgIpc) is 3.01. The van der Waals surface area contributed by atoms with Crippen LogP contribution in [0.15, 0.2) is 48.5 Å². The number of hydrogen-bond acceptors (Lipinski definition) is 8. The lowest BCUT2D eigenvalue weighted by molar-refractivity contribution is -0.116. The third kappa shape index (κ3) is 12.0. The molecule has 0 saturated carbocycles. The molecule has 1 heterocycles. The first-order valence-corrected chi connectivity index (χ1v) is 15.8. The number of nitrogens with zero attached hydrogens (tertiary/aromatic N) is 3. The number of likely N-dealkylation sites (N-methyl/N-ethyl adjacent to an activating group) is 1. The van der Waals surface area contributed by atoms with Gasteiger partial charge in [-0.25, -0.2) is 4.39 Å². The lowest BCUT2D eigenvalue weighted by Gasteiger charge is -2.34. The van der Waals surface area contributed by atoms with E-state index in [0.717, 1.165) is 6.54 Å². The van der Waals surface area contributed by atoms with E-state index in [1.54, 1.807) is 35.2 Å². The summed E-state index contributed by atoms with van der Waals surface area (Å²) in [5.41, 5.74) is 0.355. The molecule has 2 aromatic carbocycles. The second kappa shape index (κ2) is 18.8. The molecule has 0 radical (unpaired) electrons. The Morgan fingerprint density at radius 1 is 0.978 bits per heavy atom. The number of ether oxygens (including phenoxy) is 3. The van der Waals surface area contributed by atoms with Gasteiger partial charge in [-0.05, 0) is 75.7 Å². The summed E-state index contributed by atoms with van der Waals surface area (Å²) in [4.78, 5) is 32.5. The monoisotopic (exact) mass is 631 g/mol. The molecule has 1 aliphatic heterocycles. The zero-order valence-corrected chi connectivity index (χ0v) is 27.1. The van der Waals surface area contributed by atoms with Gasteiger partial charge in [0.2, 0.25) is 0 Å². The van der Waals surface area contributed by atoms with Crippen molar-refractivity contribution in [3.8, 4) is 5.75 Å². The summed E-state index contributed by atoms with van der Waals surface area (Å²) < 4.78 is 32.2. The Kier molecular flexibility index (Phi) is 15.2. The number of halogens is 1. The third-order valence-corrected chi connectivity index (χ3v) is 7.68. The smallest absolute Gasteiger partial charge is 0.256 e. The van der Waals surface area contributed by atoms with Crippen LogP contribution in [0.25, 0.3) is 0 Å². The molecule has 1 aliphatic rings. The van der Waals surface area contributed by atoms with E-state index in [4.69, 9.17) is 14.2 Å². The van der Waals surface area contributed by atoms with Gasteiger partial charge in [-0.15, -0.1) is 0 Å². The van der Waals surface area contributed by atoms with E-state index in [1.807, 2.05) is 32.8 Å². The van der Waals surface area contributed by atoms with Crippen molar-refractivity contribution >= 4 is 11.8 Å². The van der Waals surface area contributed by atoms with E-state index in [0.29, 0.717) is 62.9 Å². The first kappa shape index (κ1) is 36.4. The van der Waals surface area contributed by atoms with Gasteiger partial charge < -0.3 is 39.1 Å². The molecule has 0 spiro atoms. The van der Waals surface area contributed by atoms with Crippen LogP contribution in [0.4, 0.5) is 4.39 Å². The second-order valence-electron chi connectivity index (χ2n) is 12.1. The molecule has 3 atom stereocenters. The number of carbonyl (C=O) groups is 2. The number of rotatable bonds is 10. The maximum atomic E-state index is 14.8. The maximum absolute atomic E-state index is 14.8. The van der Waals surface area contributed by atoms with E-state index in [9.17, 15) is 24.2 Å². The van der Waals surface area contributed by atoms with Gasteiger partial charge in [0.15, 0.2) is 0 Å². The predicted molar refractivity (Wildman–Crippen MR) is 170 cm³/mol. The van der Waals surface area contributed by atoms with Crippen molar-refractivity contribution in [3.05, 3.63) is 65.5 Å². The summed E-state index contributed by atoms with van der Waals surface area (Å²) in [6, 6.07) is 12.7. The highest BCUT2D eigenvalue weighted by Crippen LogP contribution is 2.18. The van der Waals surface area contributed by atoms with Crippen molar-refractivity contribution in [2.24, 2.45) is 5.92 Å². The maximum Gasteiger partial charge on any atom is 0.256 e. The highest BCUT2D eigenvalue weighted by Gasteiger charge is 2.32. The molecule has 2 amide bonds. The van der Waals surface area contributed by atoms with Gasteiger partial charge in [0.25, 0.3) is 11.8 Å². The van der Waals surface area contributed by atoms with E-state index in [-0.39, 0.29) is 37.7 Å². The number of aliphatic hydroxyl groups is 2. The molecule has 1 fully saturated rings. The Morgan fingerprint density at radius 3 is 2.38 bits per heavy atom. The fourth-order valence-corrected chi connectivity index (χ4v) is 4.85. The van der Waals surface area contributed by atoms with Gasteiger partial charge in [0.05, 0.1) is 12.2 Å². The largest absolute Gasteiger partial charge is 0.492 e. The summed E-state index contributed by atoms with van der Waals surface area (Å²) in [6.45, 7) is 6.42. The van der Waals surface area contributed by atoms with Crippen molar-refractivity contribution in [2.45, 2.75) is 51.4 Å². The number of amides is 2. The van der Waals surface area contributed by atoms with Gasteiger partial charge in [-0.1, -0.05) is 26.0 Å². The summed E-state index contributed by atoms with van der Waals surface area (Å²) in [5, 5.41) is 21.8. The number of hydrogen-bond donors (Lipinski definition) is 2. The average molecular weight is 632 g/mol. The molecule has 3 rings (SSSR count). The highest BCUT2D eigenvalue weighted by molar-refractivity contribution is 5.95. The quantitative estimate of drug-likeness (QED) is 0.411. The van der Waals surface area contributed by atoms with Gasteiger partial charge in [0.1, 0.15) is 36.5 Å². The molecule has 45 heavy (non-hydrogen) atoms. The molecular weight excluding hydrogens is 581 g/mol. The van der Waals surface area contributed by atoms with Crippen LogP contribution in [0.3, 0.4) is 0 Å². The minimum absolute atomic E-state index is 0.0635. The molecular formula is C34H50FN3O7. The van der Waals surface area contributed by atoms with Crippen molar-refractivity contribution in [1.82, 2.24) is 14.7 Å². The molecule has 250 valence electrons. The SMILES string of the molecule is CC(C)CCO[C@@H]1CN(C(=O)c2ccccc2F)CCN(C(=O)c2ccc(OCCN(C)C)cc2)CCCCOC[C@@H](O)[C@H]1O. The first-order chi connectivity index (χ1) is 21.6. The summed E-state index contributed by atoms with van der Waals surface area (Å²) >= 11 is 0. The van der Waals surface area contributed by atoms with Crippen molar-refractivity contribution in [2.75, 3.05) is 73.2 Å². The summed E-state index contributed by atoms with van der Waals surface area (Å²) in [6.07, 6.45) is -1.61. The molecule has 0 unspecified atom stereocenters. The number of carbonyl (C=O) groups excluding carboxylic acids is 2. The van der Waals surface area contributed by atoms with Crippen molar-refractivity contribution in [1.29, 1.82) is 0 Å². The lowest BCUT2D eigenvalue weighted by atomic mass is 10.1. The van der Waals surface area contributed by atoms with Crippen molar-refractivity contribution in [3.63, 3.8) is 0 Å². The van der Waals surface area contributed by atoms with Crippen LogP contribution in [0.2, 0.25) is 0 Å². The van der Waals surface area contributed by atoms with Gasteiger partial charge in [-0.2, -0.15) is 0 Å². The van der Waals surface area contributed by atoms with Crippen LogP contribution in [0.5, 0.6) is 5.75 Å². The minimum atomic E-state index is -1.35. The number of benzene rings is 2. The first-order valence-electron chi connectivity index (χ1n) is 15.8. The normalized spacial score (nSPS) is 20.7. The zero-order chi connectivity index (χ0) is 32.8. The fourth-order valence-electron chi connectivity index (χ4n) is 4.85. The van der Waals surface area contributed by atoms with E-state index < -0.39 is 30.0 Å². The molecule has 2 aromatic rings. The lowest BCUT2D eigenvalue weighted by Crippen LogP contribution is -2.51. The Hall–Kier alpha value is -3.09. The third-order valence-electron chi connectivity index (χ3n) is 7.68. The standard InChI is InChI=1S/C34H50FN3O7/c1-25(2)15-21-45-31-23-38(34(42)28-9-5-6-10-29(28)35)18-17-37(16-7-8-20-43-24-30(39)32(31)40)33(41)26-11-13-27(14-12-26)44-22-19-36(3)4/h5-6,9-14,25,30-32,39-40H,7-8,15-24H2,1-4H3/t30-,31-,32-/m1/s1. The van der Waals surface area contributed by atoms with Gasteiger partial charge in [-0.3, -0.25) is 9.59 Å². The second-order valence-corrected chi connectivity index (χ2v) is 12.1. The molecule has 0 bridgehead atoms. The van der Waals surface area contributed by atoms with Crippen LogP contribution < -0.4 is 4.74 Å². The van der Waals surface area contributed by atoms with Crippen LogP contribution in [-0.2, 0) is 9.47 Å². The molecule has 2 N–H and O–H groups in total. The topological polar surface area (TPSA) is 112 Å². The predicted octanol–water partition coefficient (Wildman–Crippen LogP) is 3.31. The van der Waals surface area contributed by atoms with E-state index in [1.165, 1.54) is 23.1 Å². The fraction of sp³-hybridized carbons (Fsp3) is 0.588. The Bertz CT molecular complexity index is 1180. The molecule has 11 heteroatoms. The number of aliphatic hydroxyl groups excluding tert-OH is 2. The molecule has 0 aliphatic carbocycles. The summed E-state index contributed by atoms with van der Waals surface area (Å²) in [7, 11) is 3.93. The van der Waals surface area contributed by atoms with Crippen LogP contribution in [-0.4, -0.2) is 128 Å². The van der Waals surface area contributed by atoms with E-state index in [2.05, 4.69) is 0 Å². The molecule has 1 saturated heterocycles. The Labute approximate surface area is 266 Å². The van der Waals surface area contributed by atoms with E-state index >= 15 is 0 Å². The van der Waals surface area contributed by atoms with Crippen LogP contribution >= 0.6 is 0 Å². The van der Waals surface area contributed by atoms with Gasteiger partial charge in [0, 0.05) is 51.5 Å².